The van der Waals surface area contributed by atoms with Crippen LogP contribution in [0.5, 0.6) is 11.8 Å². The number of anilines is 2. The number of nitrogen functional groups attached to an aromatic ring is 1. The molecule has 0 spiro atoms. The fourth-order valence-corrected chi connectivity index (χ4v) is 8.41. The molecule has 16 heteroatoms. The Hall–Kier alpha value is -3.30. The summed E-state index contributed by atoms with van der Waals surface area (Å²) in [6.45, 7) is 1.80. The monoisotopic (exact) mass is 669 g/mol. The molecule has 4 fully saturated rings. The van der Waals surface area contributed by atoms with Gasteiger partial charge in [-0.05, 0) is 38.4 Å². The van der Waals surface area contributed by atoms with E-state index in [1.807, 2.05) is 4.90 Å². The number of alkyl halides is 5. The number of nitrogens with one attached hydrogen (secondary N) is 1. The molecule has 2 bridgehead atoms. The van der Waals surface area contributed by atoms with Gasteiger partial charge in [0.1, 0.15) is 30.4 Å². The Balaban J connectivity index is 1.32. The van der Waals surface area contributed by atoms with Gasteiger partial charge in [-0.3, -0.25) is 4.90 Å². The van der Waals surface area contributed by atoms with Crippen molar-refractivity contribution in [3.05, 3.63) is 28.0 Å². The lowest BCUT2D eigenvalue weighted by molar-refractivity contribution is -0.137. The van der Waals surface area contributed by atoms with Crippen LogP contribution in [0, 0.1) is 24.6 Å². The Morgan fingerprint density at radius 3 is 2.72 bits per heavy atom. The zero-order valence-electron chi connectivity index (χ0n) is 24.8. The van der Waals surface area contributed by atoms with Gasteiger partial charge in [-0.2, -0.15) is 23.1 Å². The number of fused-ring (bicyclic) bond motifs is 6. The molecule has 0 amide bonds. The van der Waals surface area contributed by atoms with Gasteiger partial charge in [-0.25, -0.2) is 18.2 Å². The molecular weight excluding hydrogens is 640 g/mol. The first-order chi connectivity index (χ1) is 21.8. The lowest BCUT2D eigenvalue weighted by Gasteiger charge is -2.48. The topological polar surface area (TPSA) is 102 Å². The number of nitrogens with two attached hydrogens (primary N) is 1. The SMILES string of the molecule is Cc1cc(N)nc(-c2c(Cl)c3c4c(nc(OC[C@@H]5C6C(CN5C)C6(F)F)nc4c2F)N2C[C@H]4CCC[C@H](N4)[C@H]2CO3)c1C(F)(F)F. The number of benzene rings is 1. The van der Waals surface area contributed by atoms with Crippen molar-refractivity contribution in [3.8, 4) is 23.0 Å². The number of aryl methyl sites for hydroxylation is 1. The summed E-state index contributed by atoms with van der Waals surface area (Å²) in [5.74, 6) is -5.70. The molecule has 1 saturated carbocycles. The second-order valence-corrected chi connectivity index (χ2v) is 13.4. The summed E-state index contributed by atoms with van der Waals surface area (Å²) in [4.78, 5) is 16.7. The molecular formula is C30H30ClF6N7O2. The van der Waals surface area contributed by atoms with E-state index in [0.29, 0.717) is 6.54 Å². The van der Waals surface area contributed by atoms with Crippen LogP contribution in [0.3, 0.4) is 0 Å². The van der Waals surface area contributed by atoms with E-state index >= 15 is 4.39 Å². The van der Waals surface area contributed by atoms with Gasteiger partial charge in [0, 0.05) is 31.1 Å². The Labute approximate surface area is 264 Å². The highest BCUT2D eigenvalue weighted by Gasteiger charge is 2.75. The van der Waals surface area contributed by atoms with Crippen LogP contribution in [0.2, 0.25) is 5.02 Å². The highest BCUT2D eigenvalue weighted by molar-refractivity contribution is 6.36. The maximum absolute atomic E-state index is 16.8. The second-order valence-electron chi connectivity index (χ2n) is 13.0. The van der Waals surface area contributed by atoms with Crippen LogP contribution in [0.4, 0.5) is 38.0 Å². The number of piperazine rings is 1. The molecule has 3 aromatic rings. The summed E-state index contributed by atoms with van der Waals surface area (Å²) in [7, 11) is 1.73. The van der Waals surface area contributed by atoms with E-state index < -0.39 is 57.6 Å². The number of hydrogen-bond donors (Lipinski definition) is 2. The van der Waals surface area contributed by atoms with Crippen LogP contribution in [0.15, 0.2) is 6.07 Å². The number of aromatic nitrogens is 3. The average Bonchev–Trinajstić information content (AvgIpc) is 3.37. The van der Waals surface area contributed by atoms with E-state index in [9.17, 15) is 22.0 Å². The summed E-state index contributed by atoms with van der Waals surface area (Å²) in [5, 5.41) is 3.27. The lowest BCUT2D eigenvalue weighted by Crippen LogP contribution is -2.65. The summed E-state index contributed by atoms with van der Waals surface area (Å²) in [6, 6.07) is -0.0333. The van der Waals surface area contributed by atoms with Gasteiger partial charge in [0.15, 0.2) is 11.6 Å². The van der Waals surface area contributed by atoms with E-state index in [0.717, 1.165) is 25.3 Å². The average molecular weight is 670 g/mol. The molecule has 1 aliphatic carbocycles. The van der Waals surface area contributed by atoms with Crippen LogP contribution >= 0.6 is 11.6 Å². The number of nitrogens with zero attached hydrogens (tertiary/aromatic N) is 5. The largest absolute Gasteiger partial charge is 0.489 e. The van der Waals surface area contributed by atoms with Crippen LogP contribution < -0.4 is 25.4 Å². The molecule has 2 aromatic heterocycles. The van der Waals surface area contributed by atoms with Gasteiger partial charge in [0.25, 0.3) is 5.92 Å². The van der Waals surface area contributed by atoms with Crippen molar-refractivity contribution in [1.82, 2.24) is 25.2 Å². The number of likely N-dealkylation sites (tertiary alicyclic amines) is 1. The summed E-state index contributed by atoms with van der Waals surface area (Å²) in [5.41, 5.74) is 2.53. The highest BCUT2D eigenvalue weighted by Crippen LogP contribution is 2.62. The third-order valence-corrected chi connectivity index (χ3v) is 10.6. The van der Waals surface area contributed by atoms with Crippen LogP contribution in [0.1, 0.15) is 30.4 Å². The predicted molar refractivity (Wildman–Crippen MR) is 157 cm³/mol. The minimum absolute atomic E-state index is 0.00414. The summed E-state index contributed by atoms with van der Waals surface area (Å²) in [6.07, 6.45) is -2.18. The molecule has 3 N–H and O–H groups in total. The third kappa shape index (κ3) is 4.40. The Morgan fingerprint density at radius 1 is 1.20 bits per heavy atom. The molecule has 3 saturated heterocycles. The van der Waals surface area contributed by atoms with Crippen molar-refractivity contribution in [2.45, 2.75) is 62.5 Å². The molecule has 5 aliphatic rings. The number of hydrogen-bond acceptors (Lipinski definition) is 9. The molecule has 1 aromatic carbocycles. The fraction of sp³-hybridized carbons (Fsp3) is 0.567. The standard InChI is InChI=1S/C30H30ClF6N7O2/c1-11-6-17(38)40-24(20(11)30(35,36)37)18-22(31)26-19-25(23(18)32)41-28(46-10-16-21-13(8-43(16)2)29(21,33)34)42-27(19)44-7-12-4-3-5-14(39-12)15(44)9-45-26/h6,12-16,21,39H,3-5,7-10H2,1-2H3,(H2,38,40)/t12-,13?,14+,15-,16-,21?/m1/s1. The third-order valence-electron chi connectivity index (χ3n) is 10.3. The first-order valence-corrected chi connectivity index (χ1v) is 15.6. The van der Waals surface area contributed by atoms with E-state index in [4.69, 9.17) is 26.8 Å². The van der Waals surface area contributed by atoms with Crippen molar-refractivity contribution >= 4 is 34.1 Å². The van der Waals surface area contributed by atoms with E-state index in [1.54, 1.807) is 11.9 Å². The minimum atomic E-state index is -4.93. The number of pyridine rings is 1. The van der Waals surface area contributed by atoms with Gasteiger partial charge in [0.05, 0.1) is 45.2 Å². The molecule has 2 unspecified atom stereocenters. The van der Waals surface area contributed by atoms with Crippen molar-refractivity contribution in [2.24, 2.45) is 11.8 Å². The normalized spacial score (nSPS) is 29.6. The van der Waals surface area contributed by atoms with Gasteiger partial charge in [-0.1, -0.05) is 18.0 Å². The van der Waals surface area contributed by atoms with Gasteiger partial charge >= 0.3 is 12.2 Å². The molecule has 9 nitrogen and oxygen atoms in total. The van der Waals surface area contributed by atoms with E-state index in [1.165, 1.54) is 6.92 Å². The Morgan fingerprint density at radius 2 is 1.98 bits per heavy atom. The molecule has 46 heavy (non-hydrogen) atoms. The zero-order chi connectivity index (χ0) is 32.4. The van der Waals surface area contributed by atoms with Crippen molar-refractivity contribution in [2.75, 3.05) is 44.0 Å². The number of piperidine rings is 2. The molecule has 8 rings (SSSR count). The van der Waals surface area contributed by atoms with Gasteiger partial charge in [0.2, 0.25) is 0 Å². The Kier molecular flexibility index (Phi) is 6.60. The van der Waals surface area contributed by atoms with Crippen LogP contribution in [0.25, 0.3) is 22.2 Å². The van der Waals surface area contributed by atoms with Crippen molar-refractivity contribution in [1.29, 1.82) is 0 Å². The fourth-order valence-electron chi connectivity index (χ4n) is 8.08. The van der Waals surface area contributed by atoms with Crippen LogP contribution in [-0.4, -0.2) is 83.3 Å². The zero-order valence-corrected chi connectivity index (χ0v) is 25.5. The summed E-state index contributed by atoms with van der Waals surface area (Å²) >= 11 is 6.78. The number of halogens is 7. The van der Waals surface area contributed by atoms with Gasteiger partial charge in [-0.15, -0.1) is 0 Å². The van der Waals surface area contributed by atoms with Gasteiger partial charge < -0.3 is 25.4 Å². The lowest BCUT2D eigenvalue weighted by atomic mass is 9.88. The smallest absolute Gasteiger partial charge is 0.418 e. The van der Waals surface area contributed by atoms with E-state index in [-0.39, 0.29) is 77.7 Å². The quantitative estimate of drug-likeness (QED) is 0.369. The maximum Gasteiger partial charge on any atom is 0.418 e. The summed E-state index contributed by atoms with van der Waals surface area (Å²) < 4.78 is 101. The molecule has 246 valence electrons. The number of rotatable bonds is 4. The molecule has 0 radical (unpaired) electrons. The molecule has 6 atom stereocenters. The van der Waals surface area contributed by atoms with Crippen molar-refractivity contribution < 1.29 is 35.8 Å². The number of ether oxygens (including phenoxy) is 2. The first kappa shape index (κ1) is 30.1. The van der Waals surface area contributed by atoms with Crippen molar-refractivity contribution in [3.63, 3.8) is 0 Å². The second kappa shape index (κ2) is 10.1. The highest BCUT2D eigenvalue weighted by atomic mass is 35.5. The van der Waals surface area contributed by atoms with Crippen LogP contribution in [-0.2, 0) is 6.18 Å². The molecule has 4 aliphatic heterocycles. The molecule has 6 heterocycles. The van der Waals surface area contributed by atoms with E-state index in [2.05, 4.69) is 20.3 Å². The first-order valence-electron chi connectivity index (χ1n) is 15.2. The number of likely N-dealkylation sites (N-methyl/N-ethyl adjacent to an activating group) is 1. The predicted octanol–water partition coefficient (Wildman–Crippen LogP) is 5.06. The minimum Gasteiger partial charge on any atom is -0.489 e. The maximum atomic E-state index is 16.8. The Bertz CT molecular complexity index is 1780.